The van der Waals surface area contributed by atoms with Crippen molar-refractivity contribution in [1.29, 1.82) is 0 Å². The number of ether oxygens (including phenoxy) is 1. The van der Waals surface area contributed by atoms with Crippen molar-refractivity contribution in [3.8, 4) is 0 Å². The molecule has 4 nitrogen and oxygen atoms in total. The van der Waals surface area contributed by atoms with E-state index in [4.69, 9.17) is 4.74 Å². The van der Waals surface area contributed by atoms with Crippen molar-refractivity contribution in [3.05, 3.63) is 101 Å². The molecule has 0 aromatic heterocycles. The summed E-state index contributed by atoms with van der Waals surface area (Å²) >= 11 is 0. The van der Waals surface area contributed by atoms with Crippen LogP contribution in [0.5, 0.6) is 0 Å². The first-order valence-corrected chi connectivity index (χ1v) is 8.83. The lowest BCUT2D eigenvalue weighted by molar-refractivity contribution is -0.125. The number of anilines is 1. The molecule has 1 N–H and O–H groups in total. The molecule has 5 heteroatoms. The molecule has 3 aromatic carbocycles. The Morgan fingerprint density at radius 2 is 1.50 bits per heavy atom. The smallest absolute Gasteiger partial charge is 0.342 e. The predicted molar refractivity (Wildman–Crippen MR) is 106 cm³/mol. The first-order valence-electron chi connectivity index (χ1n) is 8.83. The number of halogens is 1. The maximum atomic E-state index is 13.9. The molecule has 0 bridgehead atoms. The molecule has 1 amide bonds. The van der Waals surface area contributed by atoms with Crippen LogP contribution in [-0.4, -0.2) is 11.9 Å². The molecule has 3 aromatic rings. The van der Waals surface area contributed by atoms with Crippen molar-refractivity contribution in [2.24, 2.45) is 0 Å². The molecule has 1 atom stereocenters. The van der Waals surface area contributed by atoms with Crippen molar-refractivity contribution in [2.45, 2.75) is 20.0 Å². The third-order valence-electron chi connectivity index (χ3n) is 4.15. The molecular weight excluding hydrogens is 357 g/mol. The summed E-state index contributed by atoms with van der Waals surface area (Å²) in [6, 6.07) is 19.8. The fourth-order valence-electron chi connectivity index (χ4n) is 2.95. The molecule has 0 fully saturated rings. The van der Waals surface area contributed by atoms with Gasteiger partial charge in [0, 0.05) is 11.3 Å². The van der Waals surface area contributed by atoms with Crippen LogP contribution < -0.4 is 5.32 Å². The molecule has 0 saturated heterocycles. The largest absolute Gasteiger partial charge is 0.444 e. The molecule has 1 unspecified atom stereocenters. The third-order valence-corrected chi connectivity index (χ3v) is 4.15. The Labute approximate surface area is 163 Å². The Kier molecular flexibility index (Phi) is 5.84. The van der Waals surface area contributed by atoms with Gasteiger partial charge in [-0.05, 0) is 49.2 Å². The van der Waals surface area contributed by atoms with E-state index in [1.54, 1.807) is 30.3 Å². The molecule has 142 valence electrons. The SMILES string of the molecule is Cc1cc(C)cc(NC(=O)C(OC(=O)c2ccccc2F)c2ccccc2)c1. The van der Waals surface area contributed by atoms with E-state index in [-0.39, 0.29) is 5.56 Å². The first kappa shape index (κ1) is 19.3. The highest BCUT2D eigenvalue weighted by Gasteiger charge is 2.27. The lowest BCUT2D eigenvalue weighted by atomic mass is 10.1. The molecular formula is C23H20FNO3. The normalized spacial score (nSPS) is 11.5. The minimum atomic E-state index is -1.21. The highest BCUT2D eigenvalue weighted by Crippen LogP contribution is 2.23. The zero-order valence-electron chi connectivity index (χ0n) is 15.6. The molecule has 0 aliphatic heterocycles. The van der Waals surface area contributed by atoms with E-state index in [1.807, 2.05) is 32.0 Å². The quantitative estimate of drug-likeness (QED) is 0.638. The van der Waals surface area contributed by atoms with Crippen LogP contribution in [0.3, 0.4) is 0 Å². The van der Waals surface area contributed by atoms with E-state index in [0.717, 1.165) is 11.1 Å². The topological polar surface area (TPSA) is 55.4 Å². The molecule has 0 spiro atoms. The van der Waals surface area contributed by atoms with E-state index in [1.165, 1.54) is 24.3 Å². The monoisotopic (exact) mass is 377 g/mol. The Hall–Kier alpha value is -3.47. The predicted octanol–water partition coefficient (Wildman–Crippen LogP) is 4.98. The number of benzene rings is 3. The number of aryl methyl sites for hydroxylation is 2. The number of nitrogens with one attached hydrogen (secondary N) is 1. The number of carbonyl (C=O) groups is 2. The first-order chi connectivity index (χ1) is 13.4. The second-order valence-corrected chi connectivity index (χ2v) is 6.54. The zero-order chi connectivity index (χ0) is 20.1. The maximum Gasteiger partial charge on any atom is 0.342 e. The van der Waals surface area contributed by atoms with Gasteiger partial charge >= 0.3 is 5.97 Å². The van der Waals surface area contributed by atoms with Gasteiger partial charge in [-0.15, -0.1) is 0 Å². The van der Waals surface area contributed by atoms with Crippen LogP contribution in [0.15, 0.2) is 72.8 Å². The molecule has 0 heterocycles. The van der Waals surface area contributed by atoms with Gasteiger partial charge < -0.3 is 10.1 Å². The lowest BCUT2D eigenvalue weighted by Crippen LogP contribution is -2.26. The second kappa shape index (κ2) is 8.48. The van der Waals surface area contributed by atoms with Gasteiger partial charge in [0.1, 0.15) is 5.82 Å². The van der Waals surface area contributed by atoms with Gasteiger partial charge in [-0.1, -0.05) is 48.5 Å². The van der Waals surface area contributed by atoms with Gasteiger partial charge in [0.2, 0.25) is 6.10 Å². The Balaban J connectivity index is 1.88. The van der Waals surface area contributed by atoms with Crippen LogP contribution in [-0.2, 0) is 9.53 Å². The fraction of sp³-hybridized carbons (Fsp3) is 0.130. The standard InChI is InChI=1S/C23H20FNO3/c1-15-12-16(2)14-18(13-15)25-22(26)21(17-8-4-3-5-9-17)28-23(27)19-10-6-7-11-20(19)24/h3-14,21H,1-2H3,(H,25,26). The van der Waals surface area contributed by atoms with Gasteiger partial charge in [-0.25, -0.2) is 9.18 Å². The van der Waals surface area contributed by atoms with E-state index in [2.05, 4.69) is 5.32 Å². The summed E-state index contributed by atoms with van der Waals surface area (Å²) in [5, 5.41) is 2.78. The third kappa shape index (κ3) is 4.62. The van der Waals surface area contributed by atoms with Crippen LogP contribution in [0.4, 0.5) is 10.1 Å². The zero-order valence-corrected chi connectivity index (χ0v) is 15.6. The molecule has 28 heavy (non-hydrogen) atoms. The lowest BCUT2D eigenvalue weighted by Gasteiger charge is -2.18. The highest BCUT2D eigenvalue weighted by atomic mass is 19.1. The number of rotatable bonds is 5. The molecule has 0 saturated carbocycles. The van der Waals surface area contributed by atoms with E-state index in [9.17, 15) is 14.0 Å². The molecule has 0 aliphatic rings. The summed E-state index contributed by atoms with van der Waals surface area (Å²) in [6.07, 6.45) is -1.21. The Morgan fingerprint density at radius 3 is 2.14 bits per heavy atom. The van der Waals surface area contributed by atoms with Crippen molar-refractivity contribution in [1.82, 2.24) is 0 Å². The average molecular weight is 377 g/mol. The van der Waals surface area contributed by atoms with Crippen LogP contribution in [0, 0.1) is 19.7 Å². The van der Waals surface area contributed by atoms with Crippen molar-refractivity contribution in [2.75, 3.05) is 5.32 Å². The van der Waals surface area contributed by atoms with Gasteiger partial charge in [-0.3, -0.25) is 4.79 Å². The summed E-state index contributed by atoms with van der Waals surface area (Å²) in [6.45, 7) is 3.85. The summed E-state index contributed by atoms with van der Waals surface area (Å²) in [7, 11) is 0. The summed E-state index contributed by atoms with van der Waals surface area (Å²) < 4.78 is 19.3. The van der Waals surface area contributed by atoms with E-state index >= 15 is 0 Å². The highest BCUT2D eigenvalue weighted by molar-refractivity contribution is 5.98. The van der Waals surface area contributed by atoms with Crippen LogP contribution >= 0.6 is 0 Å². The molecule has 0 radical (unpaired) electrons. The van der Waals surface area contributed by atoms with Gasteiger partial charge in [0.05, 0.1) is 5.56 Å². The van der Waals surface area contributed by atoms with E-state index < -0.39 is 23.8 Å². The number of esters is 1. The second-order valence-electron chi connectivity index (χ2n) is 6.54. The van der Waals surface area contributed by atoms with Crippen LogP contribution in [0.25, 0.3) is 0 Å². The average Bonchev–Trinajstić information content (AvgIpc) is 2.66. The number of amides is 1. The summed E-state index contributed by atoms with van der Waals surface area (Å²) in [5.74, 6) is -2.11. The van der Waals surface area contributed by atoms with Crippen molar-refractivity contribution in [3.63, 3.8) is 0 Å². The van der Waals surface area contributed by atoms with Gasteiger partial charge in [0.15, 0.2) is 0 Å². The van der Waals surface area contributed by atoms with Gasteiger partial charge in [-0.2, -0.15) is 0 Å². The summed E-state index contributed by atoms with van der Waals surface area (Å²) in [5.41, 5.74) is 2.87. The minimum Gasteiger partial charge on any atom is -0.444 e. The minimum absolute atomic E-state index is 0.220. The molecule has 0 aliphatic carbocycles. The Bertz CT molecular complexity index is 981. The van der Waals surface area contributed by atoms with Crippen LogP contribution in [0.2, 0.25) is 0 Å². The maximum absolute atomic E-state index is 13.9. The van der Waals surface area contributed by atoms with E-state index in [0.29, 0.717) is 11.3 Å². The van der Waals surface area contributed by atoms with Crippen molar-refractivity contribution >= 4 is 17.6 Å². The number of carbonyl (C=O) groups excluding carboxylic acids is 2. The van der Waals surface area contributed by atoms with Gasteiger partial charge in [0.25, 0.3) is 5.91 Å². The van der Waals surface area contributed by atoms with Crippen molar-refractivity contribution < 1.29 is 18.7 Å². The Morgan fingerprint density at radius 1 is 0.893 bits per heavy atom. The molecule has 3 rings (SSSR count). The number of hydrogen-bond donors (Lipinski definition) is 1. The van der Waals surface area contributed by atoms with Crippen LogP contribution in [0.1, 0.15) is 33.2 Å². The number of hydrogen-bond acceptors (Lipinski definition) is 3. The summed E-state index contributed by atoms with van der Waals surface area (Å²) in [4.78, 5) is 25.4. The fourth-order valence-corrected chi connectivity index (χ4v) is 2.95.